The molecule has 2 atom stereocenters. The lowest BCUT2D eigenvalue weighted by molar-refractivity contribution is 0.0303. The van der Waals surface area contributed by atoms with Gasteiger partial charge in [-0.2, -0.15) is 4.98 Å². The monoisotopic (exact) mass is 281 g/mol. The van der Waals surface area contributed by atoms with Gasteiger partial charge in [-0.15, -0.1) is 11.3 Å². The van der Waals surface area contributed by atoms with E-state index in [0.29, 0.717) is 17.5 Å². The number of halogens is 1. The molecular weight excluding hydrogens is 270 g/mol. The number of aromatic nitrogens is 2. The highest BCUT2D eigenvalue weighted by atomic mass is 35.5. The number of thiophene rings is 1. The number of anilines is 1. The average Bonchev–Trinajstić information content (AvgIpc) is 2.94. The molecule has 2 aromatic rings. The van der Waals surface area contributed by atoms with Crippen molar-refractivity contribution in [3.63, 3.8) is 0 Å². The molecule has 0 aliphatic carbocycles. The SMILES string of the molecule is Clc1nc(N2C[C@H]3CC[C@@H](C2)O3)c2sccc2n1. The Morgan fingerprint density at radius 1 is 1.28 bits per heavy atom. The van der Waals surface area contributed by atoms with E-state index in [0.717, 1.165) is 42.0 Å². The molecule has 2 aliphatic heterocycles. The van der Waals surface area contributed by atoms with Gasteiger partial charge >= 0.3 is 0 Å². The van der Waals surface area contributed by atoms with Crippen molar-refractivity contribution in [1.29, 1.82) is 0 Å². The number of ether oxygens (including phenoxy) is 1. The van der Waals surface area contributed by atoms with E-state index in [2.05, 4.69) is 14.9 Å². The minimum absolute atomic E-state index is 0.328. The molecule has 2 aromatic heterocycles. The highest BCUT2D eigenvalue weighted by Gasteiger charge is 2.35. The van der Waals surface area contributed by atoms with Gasteiger partial charge in [-0.3, -0.25) is 0 Å². The third kappa shape index (κ3) is 1.69. The molecule has 0 amide bonds. The predicted octanol–water partition coefficient (Wildman–Crippen LogP) is 2.71. The lowest BCUT2D eigenvalue weighted by Crippen LogP contribution is -2.43. The number of fused-ring (bicyclic) bond motifs is 3. The number of morpholine rings is 1. The van der Waals surface area contributed by atoms with E-state index in [1.165, 1.54) is 0 Å². The van der Waals surface area contributed by atoms with Crippen molar-refractivity contribution in [3.05, 3.63) is 16.7 Å². The Morgan fingerprint density at radius 2 is 2.06 bits per heavy atom. The fourth-order valence-electron chi connectivity index (χ4n) is 2.82. The zero-order valence-electron chi connectivity index (χ0n) is 9.67. The van der Waals surface area contributed by atoms with Gasteiger partial charge in [0.1, 0.15) is 0 Å². The molecule has 2 aliphatic rings. The molecule has 18 heavy (non-hydrogen) atoms. The topological polar surface area (TPSA) is 38.2 Å². The summed E-state index contributed by atoms with van der Waals surface area (Å²) in [7, 11) is 0. The summed E-state index contributed by atoms with van der Waals surface area (Å²) < 4.78 is 6.98. The van der Waals surface area contributed by atoms with Crippen molar-refractivity contribution in [3.8, 4) is 0 Å². The van der Waals surface area contributed by atoms with E-state index in [1.807, 2.05) is 11.4 Å². The van der Waals surface area contributed by atoms with E-state index >= 15 is 0 Å². The second-order valence-electron chi connectivity index (χ2n) is 4.81. The van der Waals surface area contributed by atoms with Gasteiger partial charge in [0.25, 0.3) is 0 Å². The van der Waals surface area contributed by atoms with Crippen molar-refractivity contribution >= 4 is 39.0 Å². The van der Waals surface area contributed by atoms with Crippen LogP contribution in [0.3, 0.4) is 0 Å². The summed E-state index contributed by atoms with van der Waals surface area (Å²) in [4.78, 5) is 11.0. The Morgan fingerprint density at radius 3 is 2.83 bits per heavy atom. The summed E-state index contributed by atoms with van der Waals surface area (Å²) in [5.41, 5.74) is 0.939. The van der Waals surface area contributed by atoms with Gasteiger partial charge in [0.15, 0.2) is 5.82 Å². The van der Waals surface area contributed by atoms with E-state index in [-0.39, 0.29) is 0 Å². The molecule has 94 valence electrons. The van der Waals surface area contributed by atoms with Crippen LogP contribution in [0.15, 0.2) is 11.4 Å². The van der Waals surface area contributed by atoms with E-state index < -0.39 is 0 Å². The normalized spacial score (nSPS) is 27.1. The summed E-state index contributed by atoms with van der Waals surface area (Å²) in [5.74, 6) is 0.972. The Balaban J connectivity index is 1.79. The van der Waals surface area contributed by atoms with Crippen LogP contribution in [-0.2, 0) is 4.74 Å². The third-order valence-electron chi connectivity index (χ3n) is 3.60. The van der Waals surface area contributed by atoms with Gasteiger partial charge in [-0.05, 0) is 35.9 Å². The molecule has 2 saturated heterocycles. The van der Waals surface area contributed by atoms with Crippen LogP contribution in [0, 0.1) is 0 Å². The van der Waals surface area contributed by atoms with Gasteiger partial charge in [0.05, 0.1) is 22.4 Å². The summed E-state index contributed by atoms with van der Waals surface area (Å²) in [5, 5.41) is 2.36. The zero-order valence-corrected chi connectivity index (χ0v) is 11.2. The summed E-state index contributed by atoms with van der Waals surface area (Å²) >= 11 is 7.69. The van der Waals surface area contributed by atoms with Crippen LogP contribution in [0.2, 0.25) is 5.28 Å². The third-order valence-corrected chi connectivity index (χ3v) is 4.67. The lowest BCUT2D eigenvalue weighted by Gasteiger charge is -2.33. The van der Waals surface area contributed by atoms with Crippen LogP contribution in [0.25, 0.3) is 10.2 Å². The first-order valence-electron chi connectivity index (χ1n) is 6.11. The first-order chi connectivity index (χ1) is 8.79. The molecule has 0 aromatic carbocycles. The molecule has 0 spiro atoms. The van der Waals surface area contributed by atoms with Gasteiger partial charge in [-0.25, -0.2) is 4.98 Å². The van der Waals surface area contributed by atoms with Crippen molar-refractivity contribution in [1.82, 2.24) is 9.97 Å². The second-order valence-corrected chi connectivity index (χ2v) is 6.07. The number of rotatable bonds is 1. The summed E-state index contributed by atoms with van der Waals surface area (Å²) in [6.45, 7) is 1.83. The largest absolute Gasteiger partial charge is 0.371 e. The summed E-state index contributed by atoms with van der Waals surface area (Å²) in [6, 6.07) is 1.99. The van der Waals surface area contributed by atoms with Crippen LogP contribution >= 0.6 is 22.9 Å². The van der Waals surface area contributed by atoms with E-state index in [9.17, 15) is 0 Å². The number of hydrogen-bond donors (Lipinski definition) is 0. The van der Waals surface area contributed by atoms with Crippen LogP contribution in [-0.4, -0.2) is 35.3 Å². The highest BCUT2D eigenvalue weighted by Crippen LogP contribution is 2.34. The van der Waals surface area contributed by atoms with Crippen LogP contribution in [0.5, 0.6) is 0 Å². The Hall–Kier alpha value is -0.910. The Labute approximate surface area is 114 Å². The van der Waals surface area contributed by atoms with Crippen LogP contribution in [0.4, 0.5) is 5.82 Å². The predicted molar refractivity (Wildman–Crippen MR) is 72.5 cm³/mol. The number of hydrogen-bond acceptors (Lipinski definition) is 5. The molecule has 0 unspecified atom stereocenters. The molecule has 2 fully saturated rings. The van der Waals surface area contributed by atoms with Gasteiger partial charge in [-0.1, -0.05) is 0 Å². The van der Waals surface area contributed by atoms with Crippen LogP contribution < -0.4 is 4.90 Å². The standard InChI is InChI=1S/C12H12ClN3OS/c13-12-14-9-3-4-18-10(9)11(15-12)16-5-7-1-2-8(6-16)17-7/h3-4,7-8H,1-2,5-6H2/t7-,8+. The first-order valence-corrected chi connectivity index (χ1v) is 7.36. The van der Waals surface area contributed by atoms with Gasteiger partial charge in [0, 0.05) is 13.1 Å². The first kappa shape index (κ1) is 11.0. The average molecular weight is 282 g/mol. The van der Waals surface area contributed by atoms with Crippen molar-refractivity contribution < 1.29 is 4.74 Å². The fraction of sp³-hybridized carbons (Fsp3) is 0.500. The second kappa shape index (κ2) is 4.05. The maximum atomic E-state index is 6.01. The van der Waals surface area contributed by atoms with E-state index in [4.69, 9.17) is 16.3 Å². The Kier molecular flexibility index (Phi) is 2.46. The Bertz CT molecular complexity index is 590. The molecule has 0 radical (unpaired) electrons. The molecule has 2 bridgehead atoms. The lowest BCUT2D eigenvalue weighted by atomic mass is 10.2. The van der Waals surface area contributed by atoms with Crippen LogP contribution in [0.1, 0.15) is 12.8 Å². The number of nitrogens with zero attached hydrogens (tertiary/aromatic N) is 3. The molecular formula is C12H12ClN3OS. The van der Waals surface area contributed by atoms with Gasteiger partial charge in [0.2, 0.25) is 5.28 Å². The molecule has 4 rings (SSSR count). The summed E-state index contributed by atoms with van der Waals surface area (Å²) in [6.07, 6.45) is 3.03. The van der Waals surface area contributed by atoms with Crippen molar-refractivity contribution in [2.24, 2.45) is 0 Å². The minimum atomic E-state index is 0.328. The highest BCUT2D eigenvalue weighted by molar-refractivity contribution is 7.17. The van der Waals surface area contributed by atoms with Crippen molar-refractivity contribution in [2.75, 3.05) is 18.0 Å². The molecule has 4 heterocycles. The maximum absolute atomic E-state index is 6.01. The fourth-order valence-corrected chi connectivity index (χ4v) is 3.84. The molecule has 4 nitrogen and oxygen atoms in total. The zero-order chi connectivity index (χ0) is 12.1. The maximum Gasteiger partial charge on any atom is 0.224 e. The molecule has 0 N–H and O–H groups in total. The molecule has 6 heteroatoms. The van der Waals surface area contributed by atoms with E-state index in [1.54, 1.807) is 11.3 Å². The minimum Gasteiger partial charge on any atom is -0.371 e. The quantitative estimate of drug-likeness (QED) is 0.754. The van der Waals surface area contributed by atoms with Crippen molar-refractivity contribution in [2.45, 2.75) is 25.0 Å². The van der Waals surface area contributed by atoms with Gasteiger partial charge < -0.3 is 9.64 Å². The smallest absolute Gasteiger partial charge is 0.224 e. The molecule has 0 saturated carbocycles.